The van der Waals surface area contributed by atoms with E-state index in [0.29, 0.717) is 29.1 Å². The highest BCUT2D eigenvalue weighted by molar-refractivity contribution is 7.17. The van der Waals surface area contributed by atoms with Gasteiger partial charge in [-0.3, -0.25) is 4.79 Å². The molecule has 1 amide bonds. The Hall–Kier alpha value is -2.88. The number of aryl methyl sites for hydroxylation is 1. The highest BCUT2D eigenvalue weighted by Gasteiger charge is 2.47. The molecule has 4 fully saturated rings. The molecule has 3 saturated carbocycles. The first-order valence-corrected chi connectivity index (χ1v) is 16.2. The Bertz CT molecular complexity index is 1660. The maximum Gasteiger partial charge on any atom is 0.254 e. The van der Waals surface area contributed by atoms with Crippen LogP contribution in [0.5, 0.6) is 5.75 Å². The summed E-state index contributed by atoms with van der Waals surface area (Å²) in [5, 5.41) is 12.5. The molecule has 1 saturated heterocycles. The molecule has 216 valence electrons. The third-order valence-corrected chi connectivity index (χ3v) is 11.4. The third kappa shape index (κ3) is 4.07. The van der Waals surface area contributed by atoms with Gasteiger partial charge in [-0.25, -0.2) is 4.98 Å². The summed E-state index contributed by atoms with van der Waals surface area (Å²) in [6.07, 6.45) is 8.35. The van der Waals surface area contributed by atoms with E-state index in [1.165, 1.54) is 28.6 Å². The number of rotatable bonds is 6. The first kappa shape index (κ1) is 25.8. The van der Waals surface area contributed by atoms with Gasteiger partial charge in [0, 0.05) is 37.8 Å². The second-order valence-corrected chi connectivity index (χ2v) is 13.9. The number of amides is 1. The van der Waals surface area contributed by atoms with Gasteiger partial charge in [-0.05, 0) is 98.3 Å². The third-order valence-electron chi connectivity index (χ3n) is 10.5. The number of benzene rings is 1. The lowest BCUT2D eigenvalue weighted by Crippen LogP contribution is -2.41. The monoisotopic (exact) mass is 573 g/mol. The van der Waals surface area contributed by atoms with E-state index in [-0.39, 0.29) is 24.1 Å². The molecule has 4 aromatic rings. The summed E-state index contributed by atoms with van der Waals surface area (Å²) in [6.45, 7) is 1.74. The van der Waals surface area contributed by atoms with Crippen molar-refractivity contribution in [2.45, 2.75) is 82.0 Å². The molecular formula is C32H39N5O3S. The average molecular weight is 574 g/mol. The Balaban J connectivity index is 1.22. The standard InChI is InChI=1S/C32H39N5O3S/c1-35-30-23(11-20(12-26(30)40-2)32(39)37-15-19-7-10-24(37)28(19)33)34-31(35)25-13-27-29(36(25)14-17-3-4-17)22(16-41-27)18-5-8-21(38)9-6-18/h11-13,16-19,21,24,28,38H,3-10,14-15,33H2,1-2H3/t18-,19-,21-,24-,28-/m1/s1. The van der Waals surface area contributed by atoms with Crippen molar-refractivity contribution in [3.05, 3.63) is 34.7 Å². The number of carbonyl (C=O) groups is 1. The van der Waals surface area contributed by atoms with E-state index >= 15 is 0 Å². The van der Waals surface area contributed by atoms with E-state index in [4.69, 9.17) is 15.5 Å². The lowest BCUT2D eigenvalue weighted by atomic mass is 9.83. The van der Waals surface area contributed by atoms with E-state index in [9.17, 15) is 9.90 Å². The molecule has 1 aliphatic heterocycles. The fourth-order valence-electron chi connectivity index (χ4n) is 7.97. The van der Waals surface area contributed by atoms with E-state index in [0.717, 1.165) is 74.2 Å². The number of ether oxygens (including phenoxy) is 1. The molecular weight excluding hydrogens is 534 g/mol. The summed E-state index contributed by atoms with van der Waals surface area (Å²) in [6, 6.07) is 6.35. The Morgan fingerprint density at radius 1 is 1.10 bits per heavy atom. The van der Waals surface area contributed by atoms with Gasteiger partial charge in [0.05, 0.1) is 34.6 Å². The van der Waals surface area contributed by atoms with Crippen LogP contribution in [-0.4, -0.2) is 61.9 Å². The van der Waals surface area contributed by atoms with E-state index < -0.39 is 0 Å². The molecule has 3 aliphatic carbocycles. The van der Waals surface area contributed by atoms with Crippen LogP contribution in [0.15, 0.2) is 23.6 Å². The van der Waals surface area contributed by atoms with Crippen LogP contribution in [0.3, 0.4) is 0 Å². The van der Waals surface area contributed by atoms with Crippen LogP contribution in [0.1, 0.15) is 73.2 Å². The van der Waals surface area contributed by atoms with E-state index in [2.05, 4.69) is 27.6 Å². The van der Waals surface area contributed by atoms with Gasteiger partial charge in [0.1, 0.15) is 11.3 Å². The molecule has 8 nitrogen and oxygen atoms in total. The minimum Gasteiger partial charge on any atom is -0.494 e. The quantitative estimate of drug-likeness (QED) is 0.328. The van der Waals surface area contributed by atoms with Gasteiger partial charge in [-0.2, -0.15) is 0 Å². The van der Waals surface area contributed by atoms with Crippen molar-refractivity contribution in [3.63, 3.8) is 0 Å². The molecule has 3 atom stereocenters. The van der Waals surface area contributed by atoms with Crippen molar-refractivity contribution in [1.82, 2.24) is 19.0 Å². The number of aliphatic hydroxyl groups is 1. The van der Waals surface area contributed by atoms with Crippen LogP contribution in [0, 0.1) is 11.8 Å². The molecule has 3 aromatic heterocycles. The molecule has 8 rings (SSSR count). The van der Waals surface area contributed by atoms with Crippen LogP contribution in [0.2, 0.25) is 0 Å². The summed E-state index contributed by atoms with van der Waals surface area (Å²) >= 11 is 1.83. The van der Waals surface area contributed by atoms with Gasteiger partial charge < -0.3 is 29.6 Å². The molecule has 41 heavy (non-hydrogen) atoms. The Labute approximate surface area is 244 Å². The summed E-state index contributed by atoms with van der Waals surface area (Å²) in [5.41, 5.74) is 12.6. The van der Waals surface area contributed by atoms with Crippen molar-refractivity contribution in [1.29, 1.82) is 0 Å². The van der Waals surface area contributed by atoms with Gasteiger partial charge in [0.15, 0.2) is 5.82 Å². The van der Waals surface area contributed by atoms with Crippen molar-refractivity contribution >= 4 is 38.5 Å². The molecule has 2 bridgehead atoms. The van der Waals surface area contributed by atoms with Gasteiger partial charge in [-0.1, -0.05) is 0 Å². The molecule has 4 heterocycles. The molecule has 1 aromatic carbocycles. The number of imidazole rings is 1. The zero-order valence-corrected chi connectivity index (χ0v) is 24.7. The molecule has 0 unspecified atom stereocenters. The predicted molar refractivity (Wildman–Crippen MR) is 162 cm³/mol. The number of nitrogens with two attached hydrogens (primary N) is 1. The van der Waals surface area contributed by atoms with Crippen molar-refractivity contribution < 1.29 is 14.6 Å². The first-order valence-electron chi connectivity index (χ1n) is 15.3. The first-order chi connectivity index (χ1) is 19.9. The zero-order chi connectivity index (χ0) is 28.0. The van der Waals surface area contributed by atoms with Crippen LogP contribution >= 0.6 is 11.3 Å². The molecule has 9 heteroatoms. The van der Waals surface area contributed by atoms with Crippen molar-refractivity contribution in [2.24, 2.45) is 24.6 Å². The number of carbonyl (C=O) groups excluding carboxylic acids is 1. The Kier molecular flexibility index (Phi) is 6.03. The summed E-state index contributed by atoms with van der Waals surface area (Å²) in [5.74, 6) is 3.22. The number of fused-ring (bicyclic) bond motifs is 4. The van der Waals surface area contributed by atoms with Crippen LogP contribution < -0.4 is 10.5 Å². The zero-order valence-electron chi connectivity index (χ0n) is 23.9. The van der Waals surface area contributed by atoms with E-state index in [1.807, 2.05) is 28.4 Å². The second-order valence-electron chi connectivity index (χ2n) is 13.0. The summed E-state index contributed by atoms with van der Waals surface area (Å²) in [4.78, 5) is 20.8. The lowest BCUT2D eigenvalue weighted by molar-refractivity contribution is 0.0700. The van der Waals surface area contributed by atoms with Crippen molar-refractivity contribution in [2.75, 3.05) is 13.7 Å². The van der Waals surface area contributed by atoms with E-state index in [1.54, 1.807) is 7.11 Å². The maximum atomic E-state index is 13.7. The summed E-state index contributed by atoms with van der Waals surface area (Å²) < 4.78 is 11.8. The number of thiophene rings is 1. The lowest BCUT2D eigenvalue weighted by Gasteiger charge is -2.27. The second kappa shape index (κ2) is 9.57. The number of aliphatic hydroxyl groups excluding tert-OH is 1. The topological polar surface area (TPSA) is 98.5 Å². The van der Waals surface area contributed by atoms with Crippen LogP contribution in [0.25, 0.3) is 32.8 Å². The number of likely N-dealkylation sites (tertiary alicyclic amines) is 1. The number of aromatic nitrogens is 3. The fraction of sp³-hybridized carbons (Fsp3) is 0.562. The predicted octanol–water partition coefficient (Wildman–Crippen LogP) is 5.26. The Morgan fingerprint density at radius 3 is 2.59 bits per heavy atom. The van der Waals surface area contributed by atoms with Gasteiger partial charge in [0.25, 0.3) is 5.91 Å². The SMILES string of the molecule is COc1cc(C(=O)N2C[C@H]3CC[C@@H]2[C@@H]3N)cc2nc(-c3cc4scc([C@H]5CC[C@H](O)CC5)c4n3CC3CC3)n(C)c12. The number of piperidine rings is 1. The fourth-order valence-corrected chi connectivity index (χ4v) is 9.05. The number of nitrogens with zero attached hydrogens (tertiary/aromatic N) is 4. The largest absolute Gasteiger partial charge is 0.494 e. The maximum absolute atomic E-state index is 13.7. The van der Waals surface area contributed by atoms with Gasteiger partial charge in [0.2, 0.25) is 0 Å². The number of methoxy groups -OCH3 is 1. The molecule has 0 spiro atoms. The molecule has 4 aliphatic rings. The highest BCUT2D eigenvalue weighted by atomic mass is 32.1. The summed E-state index contributed by atoms with van der Waals surface area (Å²) in [7, 11) is 3.72. The minimum absolute atomic E-state index is 0.0277. The number of hydrogen-bond acceptors (Lipinski definition) is 6. The Morgan fingerprint density at radius 2 is 1.90 bits per heavy atom. The highest BCUT2D eigenvalue weighted by Crippen LogP contribution is 2.45. The smallest absolute Gasteiger partial charge is 0.254 e. The van der Waals surface area contributed by atoms with Gasteiger partial charge >= 0.3 is 0 Å². The van der Waals surface area contributed by atoms with Crippen molar-refractivity contribution in [3.8, 4) is 17.3 Å². The van der Waals surface area contributed by atoms with Crippen LogP contribution in [-0.2, 0) is 13.6 Å². The normalized spacial score (nSPS) is 27.9. The van der Waals surface area contributed by atoms with Gasteiger partial charge in [-0.15, -0.1) is 11.3 Å². The average Bonchev–Trinajstić information content (AvgIpc) is 3.22. The molecule has 0 radical (unpaired) electrons. The minimum atomic E-state index is -0.154. The molecule has 3 N–H and O–H groups in total. The number of hydrogen-bond donors (Lipinski definition) is 2. The van der Waals surface area contributed by atoms with Crippen LogP contribution in [0.4, 0.5) is 0 Å².